The van der Waals surface area contributed by atoms with Gasteiger partial charge < -0.3 is 9.47 Å². The molecule has 1 amide bonds. The summed E-state index contributed by atoms with van der Waals surface area (Å²) in [5, 5.41) is 0.238. The van der Waals surface area contributed by atoms with Crippen molar-refractivity contribution in [3.63, 3.8) is 0 Å². The van der Waals surface area contributed by atoms with Crippen LogP contribution in [0.2, 0.25) is 0 Å². The number of nitrogens with zero attached hydrogens (tertiary/aromatic N) is 1. The smallest absolute Gasteiger partial charge is 0.268 e. The molecule has 1 aromatic carbocycles. The summed E-state index contributed by atoms with van der Waals surface area (Å²) in [5.41, 5.74) is 0. The Morgan fingerprint density at radius 1 is 1.44 bits per heavy atom. The van der Waals surface area contributed by atoms with Crippen molar-refractivity contribution in [1.82, 2.24) is 4.90 Å². The van der Waals surface area contributed by atoms with Crippen LogP contribution in [0.15, 0.2) is 30.3 Å². The summed E-state index contributed by atoms with van der Waals surface area (Å²) in [4.78, 5) is 13.1. The number of ether oxygens (including phenoxy) is 2. The van der Waals surface area contributed by atoms with Crippen LogP contribution in [0, 0.1) is 0 Å². The molecule has 16 heavy (non-hydrogen) atoms. The molecule has 0 radical (unpaired) electrons. The molecule has 0 unspecified atom stereocenters. The molecule has 0 aromatic heterocycles. The molecule has 5 heteroatoms. The summed E-state index contributed by atoms with van der Waals surface area (Å²) in [6.45, 7) is 0.958. The molecule has 84 valence electrons. The number of carbonyl (C=O) groups excluding carboxylic acids is 1. The maximum atomic E-state index is 11.7. The highest BCUT2D eigenvalue weighted by Crippen LogP contribution is 2.09. The van der Waals surface area contributed by atoms with E-state index in [0.29, 0.717) is 18.9 Å². The van der Waals surface area contributed by atoms with Gasteiger partial charge in [-0.2, -0.15) is 0 Å². The lowest BCUT2D eigenvalue weighted by molar-refractivity contribution is -0.129. The molecule has 0 saturated carbocycles. The maximum Gasteiger partial charge on any atom is 0.268 e. The third-order valence-corrected chi connectivity index (χ3v) is 2.51. The Kier molecular flexibility index (Phi) is 3.36. The second-order valence-corrected chi connectivity index (χ2v) is 3.61. The van der Waals surface area contributed by atoms with Crippen LogP contribution in [0.3, 0.4) is 0 Å². The van der Waals surface area contributed by atoms with E-state index in [0.717, 1.165) is 0 Å². The zero-order valence-electron chi connectivity index (χ0n) is 8.59. The van der Waals surface area contributed by atoms with Crippen molar-refractivity contribution in [3.8, 4) is 5.75 Å². The summed E-state index contributed by atoms with van der Waals surface area (Å²) in [7, 11) is 0. The van der Waals surface area contributed by atoms with E-state index in [9.17, 15) is 4.79 Å². The second kappa shape index (κ2) is 4.94. The number of amides is 1. The zero-order chi connectivity index (χ0) is 11.4. The number of hydrogen-bond donors (Lipinski definition) is 0. The Bertz CT molecular complexity index is 393. The van der Waals surface area contributed by atoms with E-state index in [2.05, 4.69) is 0 Å². The summed E-state index contributed by atoms with van der Waals surface area (Å²) in [5.74, 6) is 0.494. The van der Waals surface area contributed by atoms with Crippen molar-refractivity contribution < 1.29 is 14.3 Å². The van der Waals surface area contributed by atoms with Gasteiger partial charge in [0, 0.05) is 0 Å². The third kappa shape index (κ3) is 2.49. The number of thiocarbonyl (C=S) groups is 1. The van der Waals surface area contributed by atoms with E-state index in [1.165, 1.54) is 4.90 Å². The van der Waals surface area contributed by atoms with E-state index in [1.54, 1.807) is 12.1 Å². The van der Waals surface area contributed by atoms with Gasteiger partial charge in [0.2, 0.25) is 0 Å². The highest BCUT2D eigenvalue weighted by atomic mass is 32.1. The summed E-state index contributed by atoms with van der Waals surface area (Å²) >= 11 is 4.87. The van der Waals surface area contributed by atoms with Crippen molar-refractivity contribution in [1.29, 1.82) is 0 Å². The van der Waals surface area contributed by atoms with Crippen molar-refractivity contribution >= 4 is 23.3 Å². The van der Waals surface area contributed by atoms with Gasteiger partial charge in [0.05, 0.1) is 6.54 Å². The molecule has 1 aliphatic rings. The number of para-hydroxylation sites is 1. The minimum atomic E-state index is -0.175. The van der Waals surface area contributed by atoms with Crippen LogP contribution < -0.4 is 4.74 Å². The molecule has 1 aliphatic heterocycles. The van der Waals surface area contributed by atoms with Crippen molar-refractivity contribution in [2.75, 3.05) is 19.8 Å². The third-order valence-electron chi connectivity index (χ3n) is 2.17. The normalized spacial score (nSPS) is 14.8. The molecule has 0 bridgehead atoms. The van der Waals surface area contributed by atoms with Crippen molar-refractivity contribution in [3.05, 3.63) is 30.3 Å². The minimum absolute atomic E-state index is 0.0203. The molecule has 4 nitrogen and oxygen atoms in total. The summed E-state index contributed by atoms with van der Waals surface area (Å²) in [6, 6.07) is 9.18. The van der Waals surface area contributed by atoms with Crippen LogP contribution in [-0.2, 0) is 9.53 Å². The summed E-state index contributed by atoms with van der Waals surface area (Å²) < 4.78 is 10.3. The fourth-order valence-electron chi connectivity index (χ4n) is 1.36. The predicted octanol–water partition coefficient (Wildman–Crippen LogP) is 1.21. The average Bonchev–Trinajstić information content (AvgIpc) is 2.74. The lowest BCUT2D eigenvalue weighted by atomic mass is 10.3. The van der Waals surface area contributed by atoms with Gasteiger partial charge in [-0.3, -0.25) is 9.69 Å². The standard InChI is InChI=1S/C11H11NO3S/c13-10(12-6-7-14-11(12)16)8-15-9-4-2-1-3-5-9/h1-5H,6-8H2. The Morgan fingerprint density at radius 3 is 2.81 bits per heavy atom. The van der Waals surface area contributed by atoms with Crippen LogP contribution >= 0.6 is 12.2 Å². The van der Waals surface area contributed by atoms with Crippen LogP contribution in [0.4, 0.5) is 0 Å². The second-order valence-electron chi connectivity index (χ2n) is 3.26. The monoisotopic (exact) mass is 237 g/mol. The molecule has 0 spiro atoms. The molecule has 0 N–H and O–H groups in total. The highest BCUT2D eigenvalue weighted by Gasteiger charge is 2.24. The molecular formula is C11H11NO3S. The van der Waals surface area contributed by atoms with E-state index >= 15 is 0 Å². The highest BCUT2D eigenvalue weighted by molar-refractivity contribution is 7.80. The van der Waals surface area contributed by atoms with Crippen molar-refractivity contribution in [2.45, 2.75) is 0 Å². The van der Waals surface area contributed by atoms with Gasteiger partial charge in [0.15, 0.2) is 6.61 Å². The molecule has 1 saturated heterocycles. The number of carbonyl (C=O) groups is 1. The van der Waals surface area contributed by atoms with Gasteiger partial charge in [-0.15, -0.1) is 0 Å². The van der Waals surface area contributed by atoms with Crippen LogP contribution in [-0.4, -0.2) is 35.7 Å². The largest absolute Gasteiger partial charge is 0.484 e. The molecule has 0 aliphatic carbocycles. The Balaban J connectivity index is 1.86. The van der Waals surface area contributed by atoms with Gasteiger partial charge >= 0.3 is 0 Å². The average molecular weight is 237 g/mol. The maximum absolute atomic E-state index is 11.7. The van der Waals surface area contributed by atoms with Gasteiger partial charge in [-0.05, 0) is 24.4 Å². The first-order valence-electron chi connectivity index (χ1n) is 4.92. The lowest BCUT2D eigenvalue weighted by Crippen LogP contribution is -2.35. The van der Waals surface area contributed by atoms with E-state index < -0.39 is 0 Å². The molecule has 0 atom stereocenters. The van der Waals surface area contributed by atoms with Gasteiger partial charge in [0.25, 0.3) is 11.1 Å². The van der Waals surface area contributed by atoms with E-state index in [4.69, 9.17) is 21.7 Å². The van der Waals surface area contributed by atoms with Crippen LogP contribution in [0.25, 0.3) is 0 Å². The van der Waals surface area contributed by atoms with Gasteiger partial charge in [-0.1, -0.05) is 18.2 Å². The first kappa shape index (κ1) is 10.9. The summed E-state index contributed by atoms with van der Waals surface area (Å²) in [6.07, 6.45) is 0. The Morgan fingerprint density at radius 2 is 2.19 bits per heavy atom. The van der Waals surface area contributed by atoms with Gasteiger partial charge in [-0.25, -0.2) is 0 Å². The fourth-order valence-corrected chi connectivity index (χ4v) is 1.64. The topological polar surface area (TPSA) is 38.8 Å². The van der Waals surface area contributed by atoms with Crippen molar-refractivity contribution in [2.24, 2.45) is 0 Å². The first-order chi connectivity index (χ1) is 7.77. The first-order valence-corrected chi connectivity index (χ1v) is 5.33. The lowest BCUT2D eigenvalue weighted by Gasteiger charge is -2.13. The number of hydrogen-bond acceptors (Lipinski definition) is 4. The number of rotatable bonds is 3. The molecule has 1 heterocycles. The molecule has 1 fully saturated rings. The van der Waals surface area contributed by atoms with E-state index in [-0.39, 0.29) is 17.7 Å². The zero-order valence-corrected chi connectivity index (χ0v) is 9.40. The van der Waals surface area contributed by atoms with Gasteiger partial charge in [0.1, 0.15) is 12.4 Å². The quantitative estimate of drug-likeness (QED) is 0.741. The molecular weight excluding hydrogens is 226 g/mol. The van der Waals surface area contributed by atoms with E-state index in [1.807, 2.05) is 18.2 Å². The van der Waals surface area contributed by atoms with Crippen LogP contribution in [0.1, 0.15) is 0 Å². The fraction of sp³-hybridized carbons (Fsp3) is 0.273. The molecule has 1 aromatic rings. The molecule has 2 rings (SSSR count). The minimum Gasteiger partial charge on any atom is -0.484 e. The Labute approximate surface area is 98.8 Å². The SMILES string of the molecule is O=C(COc1ccccc1)N1CCOC1=S. The predicted molar refractivity (Wildman–Crippen MR) is 62.2 cm³/mol. The Hall–Kier alpha value is -1.62. The number of benzene rings is 1. The van der Waals surface area contributed by atoms with Crippen LogP contribution in [0.5, 0.6) is 5.75 Å².